The third-order valence-electron chi connectivity index (χ3n) is 4.22. The van der Waals surface area contributed by atoms with Crippen LogP contribution in [0.4, 0.5) is 0 Å². The zero-order valence-electron chi connectivity index (χ0n) is 17.5. The van der Waals surface area contributed by atoms with Crippen LogP contribution in [0, 0.1) is 5.92 Å². The molecule has 0 aliphatic heterocycles. The van der Waals surface area contributed by atoms with E-state index in [9.17, 15) is 9.59 Å². The van der Waals surface area contributed by atoms with Gasteiger partial charge in [-0.05, 0) is 12.1 Å². The molecule has 3 aromatic rings. The zero-order chi connectivity index (χ0) is 22.1. The summed E-state index contributed by atoms with van der Waals surface area (Å²) in [4.78, 5) is 27.7. The van der Waals surface area contributed by atoms with Crippen molar-refractivity contribution in [1.82, 2.24) is 4.98 Å². The van der Waals surface area contributed by atoms with Crippen molar-refractivity contribution in [2.45, 2.75) is 13.8 Å². The number of thioether (sulfide) groups is 2. The first-order valence-corrected chi connectivity index (χ1v) is 12.3. The molecular weight excluding hydrogens is 438 g/mol. The molecule has 0 fully saturated rings. The largest absolute Gasteiger partial charge is 0.477 e. The lowest BCUT2D eigenvalue weighted by molar-refractivity contribution is -0.146. The minimum absolute atomic E-state index is 0.0744. The second kappa shape index (κ2) is 11.9. The van der Waals surface area contributed by atoms with Crippen molar-refractivity contribution in [1.29, 1.82) is 0 Å². The van der Waals surface area contributed by atoms with Crippen molar-refractivity contribution in [3.8, 4) is 17.0 Å². The maximum absolute atomic E-state index is 12.1. The number of hydrogen-bond donors (Lipinski definition) is 0. The van der Waals surface area contributed by atoms with Crippen LogP contribution in [0.15, 0.2) is 50.6 Å². The molecule has 0 saturated heterocycles. The first kappa shape index (κ1) is 23.3. The van der Waals surface area contributed by atoms with Gasteiger partial charge in [0.2, 0.25) is 5.88 Å². The Hall–Kier alpha value is -2.39. The van der Waals surface area contributed by atoms with Gasteiger partial charge in [-0.25, -0.2) is 9.78 Å². The van der Waals surface area contributed by atoms with Crippen molar-refractivity contribution in [3.05, 3.63) is 47.3 Å². The van der Waals surface area contributed by atoms with Crippen molar-refractivity contribution >= 4 is 40.5 Å². The van der Waals surface area contributed by atoms with Gasteiger partial charge in [0, 0.05) is 40.0 Å². The van der Waals surface area contributed by atoms with E-state index in [1.54, 1.807) is 41.7 Å². The highest BCUT2D eigenvalue weighted by atomic mass is 32.2. The molecule has 7 nitrogen and oxygen atoms in total. The molecular formula is C22H25NO6S2. The smallest absolute Gasteiger partial charge is 0.344 e. The van der Waals surface area contributed by atoms with E-state index in [0.29, 0.717) is 35.8 Å². The Labute approximate surface area is 188 Å². The van der Waals surface area contributed by atoms with Crippen LogP contribution in [0.5, 0.6) is 5.88 Å². The van der Waals surface area contributed by atoms with Crippen LogP contribution in [0.2, 0.25) is 0 Å². The van der Waals surface area contributed by atoms with Crippen LogP contribution in [0.3, 0.4) is 0 Å². The van der Waals surface area contributed by atoms with Gasteiger partial charge in [0.05, 0.1) is 36.8 Å². The number of rotatable bonds is 12. The Morgan fingerprint density at radius 3 is 2.61 bits per heavy atom. The average Bonchev–Trinajstić information content (AvgIpc) is 3.29. The first-order chi connectivity index (χ1) is 15.0. The molecule has 3 heterocycles. The summed E-state index contributed by atoms with van der Waals surface area (Å²) in [6.07, 6.45) is 4.52. The molecule has 0 aliphatic rings. The van der Waals surface area contributed by atoms with Crippen molar-refractivity contribution in [2.75, 3.05) is 36.2 Å². The van der Waals surface area contributed by atoms with Gasteiger partial charge in [0.1, 0.15) is 6.61 Å². The normalized spacial score (nSPS) is 11.2. The Morgan fingerprint density at radius 2 is 1.90 bits per heavy atom. The minimum Gasteiger partial charge on any atom is -0.477 e. The number of furan rings is 1. The molecule has 3 rings (SSSR count). The van der Waals surface area contributed by atoms with Gasteiger partial charge in [-0.1, -0.05) is 13.8 Å². The summed E-state index contributed by atoms with van der Waals surface area (Å²) >= 11 is 3.57. The number of carbonyl (C=O) groups is 1. The summed E-state index contributed by atoms with van der Waals surface area (Å²) in [5.41, 5.74) is 1.08. The predicted octanol–water partition coefficient (Wildman–Crippen LogP) is 4.49. The fourth-order valence-electron chi connectivity index (χ4n) is 2.60. The number of nitrogens with zero attached hydrogens (tertiary/aromatic N) is 1. The van der Waals surface area contributed by atoms with Crippen LogP contribution < -0.4 is 10.4 Å². The molecule has 0 atom stereocenters. The molecule has 0 aliphatic carbocycles. The number of pyridine rings is 1. The molecule has 31 heavy (non-hydrogen) atoms. The molecule has 0 N–H and O–H groups in total. The Kier molecular flexibility index (Phi) is 8.90. The average molecular weight is 464 g/mol. The van der Waals surface area contributed by atoms with E-state index in [1.807, 2.05) is 13.8 Å². The Balaban J connectivity index is 1.37. The number of ether oxygens (including phenoxy) is 2. The maximum Gasteiger partial charge on any atom is 0.344 e. The maximum atomic E-state index is 12.1. The third kappa shape index (κ3) is 7.07. The summed E-state index contributed by atoms with van der Waals surface area (Å²) < 4.78 is 21.3. The number of hydrogen-bond acceptors (Lipinski definition) is 9. The first-order valence-electron chi connectivity index (χ1n) is 9.96. The van der Waals surface area contributed by atoms with Crippen LogP contribution in [0.1, 0.15) is 13.8 Å². The van der Waals surface area contributed by atoms with Gasteiger partial charge in [-0.2, -0.15) is 23.5 Å². The van der Waals surface area contributed by atoms with Crippen LogP contribution in [0.25, 0.3) is 22.1 Å². The fraction of sp³-hybridized carbons (Fsp3) is 0.409. The quantitative estimate of drug-likeness (QED) is 0.284. The van der Waals surface area contributed by atoms with Gasteiger partial charge in [0.25, 0.3) is 0 Å². The summed E-state index contributed by atoms with van der Waals surface area (Å²) in [5, 5.41) is 0.739. The second-order valence-electron chi connectivity index (χ2n) is 6.92. The van der Waals surface area contributed by atoms with Crippen LogP contribution >= 0.6 is 23.5 Å². The van der Waals surface area contributed by atoms with Crippen molar-refractivity contribution in [3.63, 3.8) is 0 Å². The van der Waals surface area contributed by atoms with Crippen molar-refractivity contribution < 1.29 is 23.1 Å². The lowest BCUT2D eigenvalue weighted by Gasteiger charge is -2.07. The molecule has 0 spiro atoms. The van der Waals surface area contributed by atoms with Gasteiger partial charge in [0.15, 0.2) is 5.58 Å². The minimum atomic E-state index is -0.434. The summed E-state index contributed by atoms with van der Waals surface area (Å²) in [6.45, 7) is 4.66. The van der Waals surface area contributed by atoms with E-state index in [1.165, 1.54) is 18.7 Å². The fourth-order valence-corrected chi connectivity index (χ4v) is 4.35. The molecule has 3 aromatic heterocycles. The van der Waals surface area contributed by atoms with Gasteiger partial charge < -0.3 is 18.3 Å². The molecule has 0 saturated carbocycles. The topological polar surface area (TPSA) is 91.8 Å². The van der Waals surface area contributed by atoms with E-state index in [4.69, 9.17) is 18.3 Å². The van der Waals surface area contributed by atoms with Crippen molar-refractivity contribution in [2.24, 2.45) is 5.92 Å². The highest BCUT2D eigenvalue weighted by Gasteiger charge is 2.10. The van der Waals surface area contributed by atoms with E-state index < -0.39 is 5.63 Å². The molecule has 0 bridgehead atoms. The number of carbonyl (C=O) groups excluding carboxylic acids is 1. The van der Waals surface area contributed by atoms with Crippen LogP contribution in [-0.2, 0) is 9.53 Å². The monoisotopic (exact) mass is 463 g/mol. The van der Waals surface area contributed by atoms with E-state index in [0.717, 1.165) is 28.4 Å². The Morgan fingerprint density at radius 1 is 1.13 bits per heavy atom. The molecule has 0 radical (unpaired) electrons. The van der Waals surface area contributed by atoms with Crippen LogP contribution in [-0.4, -0.2) is 47.2 Å². The van der Waals surface area contributed by atoms with E-state index >= 15 is 0 Å². The SMILES string of the molecule is CC(C)C(=O)OCCSCCSCCOc1cc2cc(-c3ccoc3)c(=O)oc2cn1. The van der Waals surface area contributed by atoms with Gasteiger partial charge >= 0.3 is 11.6 Å². The van der Waals surface area contributed by atoms with Gasteiger partial charge in [-0.3, -0.25) is 4.79 Å². The summed E-state index contributed by atoms with van der Waals surface area (Å²) in [5.74, 6) is 3.91. The van der Waals surface area contributed by atoms with E-state index in [-0.39, 0.29) is 11.9 Å². The number of aromatic nitrogens is 1. The number of esters is 1. The molecule has 0 aromatic carbocycles. The van der Waals surface area contributed by atoms with Gasteiger partial charge in [-0.15, -0.1) is 0 Å². The molecule has 0 amide bonds. The predicted molar refractivity (Wildman–Crippen MR) is 124 cm³/mol. The molecule has 0 unspecified atom stereocenters. The summed E-state index contributed by atoms with van der Waals surface area (Å²) in [7, 11) is 0. The second-order valence-corrected chi connectivity index (χ2v) is 9.36. The van der Waals surface area contributed by atoms with E-state index in [2.05, 4.69) is 4.98 Å². The lowest BCUT2D eigenvalue weighted by atomic mass is 10.1. The lowest BCUT2D eigenvalue weighted by Crippen LogP contribution is -2.13. The third-order valence-corrected chi connectivity index (χ3v) is 6.37. The highest BCUT2D eigenvalue weighted by molar-refractivity contribution is 8.02. The summed E-state index contributed by atoms with van der Waals surface area (Å²) in [6, 6.07) is 5.23. The molecule has 166 valence electrons. The highest BCUT2D eigenvalue weighted by Crippen LogP contribution is 2.23. The zero-order valence-corrected chi connectivity index (χ0v) is 19.1. The standard InChI is InChI=1S/C22H25NO6S2/c1-15(2)21(24)28-6-8-31-10-9-30-7-5-27-20-12-17-11-18(16-3-4-26-14-16)22(25)29-19(17)13-23-20/h3-4,11-15H,5-10H2,1-2H3. The Bertz CT molecular complexity index is 1030. The molecule has 9 heteroatoms. The number of fused-ring (bicyclic) bond motifs is 1.